The van der Waals surface area contributed by atoms with Gasteiger partial charge in [0.15, 0.2) is 5.65 Å². The van der Waals surface area contributed by atoms with Crippen molar-refractivity contribution in [1.82, 2.24) is 19.8 Å². The molecule has 0 aliphatic heterocycles. The number of fused-ring (bicyclic) bond motifs is 1. The van der Waals surface area contributed by atoms with E-state index >= 15 is 0 Å². The minimum atomic E-state index is -2.69. The fourth-order valence-corrected chi connectivity index (χ4v) is 3.10. The largest absolute Gasteiger partial charge is 0.299 e. The van der Waals surface area contributed by atoms with Gasteiger partial charge in [0.05, 0.1) is 0 Å². The number of rotatable bonds is 4. The van der Waals surface area contributed by atoms with Gasteiger partial charge in [-0.05, 0) is 31.5 Å². The van der Waals surface area contributed by atoms with E-state index in [-0.39, 0.29) is 0 Å². The second kappa shape index (κ2) is 6.00. The molecule has 0 aliphatic carbocycles. The molecule has 0 spiro atoms. The van der Waals surface area contributed by atoms with Gasteiger partial charge in [0.1, 0.15) is 5.03 Å². The molecule has 3 rings (SSSR count). The van der Waals surface area contributed by atoms with Gasteiger partial charge in [-0.25, -0.2) is 8.78 Å². The minimum Gasteiger partial charge on any atom is -0.201 e. The summed E-state index contributed by atoms with van der Waals surface area (Å²) < 4.78 is 26.8. The van der Waals surface area contributed by atoms with Crippen molar-refractivity contribution in [2.24, 2.45) is 0 Å². The SMILES string of the molecule is Cc1cc(C)cc(CSc2ccc3nnc(C(F)F)n3n2)c1. The number of hydrogen-bond donors (Lipinski definition) is 0. The number of thioether (sulfide) groups is 1. The van der Waals surface area contributed by atoms with Gasteiger partial charge in [0, 0.05) is 5.75 Å². The molecule has 1 aromatic carbocycles. The third kappa shape index (κ3) is 3.09. The van der Waals surface area contributed by atoms with Crippen LogP contribution in [0.5, 0.6) is 0 Å². The van der Waals surface area contributed by atoms with Crippen molar-refractivity contribution in [3.05, 3.63) is 52.8 Å². The smallest absolute Gasteiger partial charge is 0.201 e. The third-order valence-electron chi connectivity index (χ3n) is 3.13. The van der Waals surface area contributed by atoms with Crippen molar-refractivity contribution in [3.8, 4) is 0 Å². The van der Waals surface area contributed by atoms with E-state index in [1.165, 1.54) is 28.5 Å². The number of aromatic nitrogens is 4. The molecule has 0 radical (unpaired) electrons. The predicted molar refractivity (Wildman–Crippen MR) is 81.2 cm³/mol. The second-order valence-corrected chi connectivity index (χ2v) is 6.08. The lowest BCUT2D eigenvalue weighted by atomic mass is 10.1. The molecule has 0 saturated carbocycles. The summed E-state index contributed by atoms with van der Waals surface area (Å²) >= 11 is 1.50. The van der Waals surface area contributed by atoms with Crippen LogP contribution in [0.4, 0.5) is 8.78 Å². The average molecular weight is 320 g/mol. The Morgan fingerprint density at radius 1 is 1.09 bits per heavy atom. The van der Waals surface area contributed by atoms with E-state index in [4.69, 9.17) is 0 Å². The molecule has 0 amide bonds. The second-order valence-electron chi connectivity index (χ2n) is 5.09. The van der Waals surface area contributed by atoms with Crippen LogP contribution in [-0.2, 0) is 5.75 Å². The summed E-state index contributed by atoms with van der Waals surface area (Å²) in [5.74, 6) is 0.302. The normalized spacial score (nSPS) is 11.5. The molecule has 0 bridgehead atoms. The summed E-state index contributed by atoms with van der Waals surface area (Å²) in [6.45, 7) is 4.11. The Bertz CT molecular complexity index is 796. The lowest BCUT2D eigenvalue weighted by Crippen LogP contribution is -2.00. The summed E-state index contributed by atoms with van der Waals surface area (Å²) in [5, 5.41) is 12.0. The van der Waals surface area contributed by atoms with E-state index < -0.39 is 12.2 Å². The zero-order chi connectivity index (χ0) is 15.7. The van der Waals surface area contributed by atoms with E-state index in [0.29, 0.717) is 10.7 Å². The summed E-state index contributed by atoms with van der Waals surface area (Å²) in [4.78, 5) is 0. The number of benzene rings is 1. The van der Waals surface area contributed by atoms with Gasteiger partial charge >= 0.3 is 0 Å². The zero-order valence-electron chi connectivity index (χ0n) is 12.1. The lowest BCUT2D eigenvalue weighted by molar-refractivity contribution is 0.137. The van der Waals surface area contributed by atoms with Gasteiger partial charge in [0.2, 0.25) is 5.82 Å². The van der Waals surface area contributed by atoms with Crippen LogP contribution in [0.2, 0.25) is 0 Å². The molecular formula is C15H14F2N4S. The van der Waals surface area contributed by atoms with Gasteiger partial charge in [-0.3, -0.25) is 0 Å². The van der Waals surface area contributed by atoms with Crippen LogP contribution in [0.15, 0.2) is 35.4 Å². The van der Waals surface area contributed by atoms with Crippen molar-refractivity contribution in [2.45, 2.75) is 31.1 Å². The molecule has 7 heteroatoms. The fourth-order valence-electron chi connectivity index (χ4n) is 2.31. The van der Waals surface area contributed by atoms with Crippen molar-refractivity contribution in [1.29, 1.82) is 0 Å². The Morgan fingerprint density at radius 3 is 2.50 bits per heavy atom. The monoisotopic (exact) mass is 320 g/mol. The summed E-state index contributed by atoms with van der Waals surface area (Å²) in [7, 11) is 0. The Morgan fingerprint density at radius 2 is 1.82 bits per heavy atom. The van der Waals surface area contributed by atoms with Crippen LogP contribution < -0.4 is 0 Å². The average Bonchev–Trinajstić information content (AvgIpc) is 2.87. The molecule has 4 nitrogen and oxygen atoms in total. The Kier molecular flexibility index (Phi) is 4.06. The minimum absolute atomic E-state index is 0.325. The molecule has 22 heavy (non-hydrogen) atoms. The fraction of sp³-hybridized carbons (Fsp3) is 0.267. The Balaban J connectivity index is 1.83. The quantitative estimate of drug-likeness (QED) is 0.682. The standard InChI is InChI=1S/C15H14F2N4S/c1-9-5-10(2)7-11(6-9)8-22-13-4-3-12-18-19-15(14(16)17)21(12)20-13/h3-7,14H,8H2,1-2H3. The molecule has 0 fully saturated rings. The van der Waals surface area contributed by atoms with Crippen LogP contribution in [0.25, 0.3) is 5.65 Å². The first-order valence-corrected chi connectivity index (χ1v) is 7.72. The van der Waals surface area contributed by atoms with Gasteiger partial charge in [0.25, 0.3) is 6.43 Å². The summed E-state index contributed by atoms with van der Waals surface area (Å²) in [5.41, 5.74) is 3.92. The topological polar surface area (TPSA) is 43.1 Å². The van der Waals surface area contributed by atoms with E-state index in [0.717, 1.165) is 10.3 Å². The zero-order valence-corrected chi connectivity index (χ0v) is 12.9. The molecule has 0 unspecified atom stereocenters. The molecule has 0 aliphatic rings. The maximum atomic E-state index is 12.8. The molecule has 0 atom stereocenters. The molecule has 114 valence electrons. The highest BCUT2D eigenvalue weighted by Gasteiger charge is 2.17. The van der Waals surface area contributed by atoms with Crippen molar-refractivity contribution >= 4 is 17.4 Å². The van der Waals surface area contributed by atoms with Crippen molar-refractivity contribution in [2.75, 3.05) is 0 Å². The molecule has 2 heterocycles. The van der Waals surface area contributed by atoms with Crippen molar-refractivity contribution < 1.29 is 8.78 Å². The lowest BCUT2D eigenvalue weighted by Gasteiger charge is -2.05. The van der Waals surface area contributed by atoms with Crippen molar-refractivity contribution in [3.63, 3.8) is 0 Å². The van der Waals surface area contributed by atoms with Gasteiger partial charge < -0.3 is 0 Å². The van der Waals surface area contributed by atoms with Crippen LogP contribution in [-0.4, -0.2) is 19.8 Å². The number of hydrogen-bond acceptors (Lipinski definition) is 4. The number of alkyl halides is 2. The predicted octanol–water partition coefficient (Wildman–Crippen LogP) is 3.97. The van der Waals surface area contributed by atoms with Crippen LogP contribution in [0, 0.1) is 13.8 Å². The molecule has 0 saturated heterocycles. The molecule has 3 aromatic rings. The van der Waals surface area contributed by atoms with E-state index in [1.807, 2.05) is 0 Å². The maximum Gasteiger partial charge on any atom is 0.299 e. The van der Waals surface area contributed by atoms with E-state index in [9.17, 15) is 8.78 Å². The van der Waals surface area contributed by atoms with Gasteiger partial charge in [-0.2, -0.15) is 9.61 Å². The summed E-state index contributed by atoms with van der Waals surface area (Å²) in [6, 6.07) is 9.76. The van der Waals surface area contributed by atoms with E-state index in [2.05, 4.69) is 47.3 Å². The molecule has 2 aromatic heterocycles. The van der Waals surface area contributed by atoms with Crippen LogP contribution >= 0.6 is 11.8 Å². The number of aryl methyl sites for hydroxylation is 2. The van der Waals surface area contributed by atoms with E-state index in [1.54, 1.807) is 12.1 Å². The highest BCUT2D eigenvalue weighted by molar-refractivity contribution is 7.98. The highest BCUT2D eigenvalue weighted by atomic mass is 32.2. The molecular weight excluding hydrogens is 306 g/mol. The molecule has 0 N–H and O–H groups in total. The van der Waals surface area contributed by atoms with Gasteiger partial charge in [-0.15, -0.1) is 10.2 Å². The Labute approximate surface area is 130 Å². The number of nitrogens with zero attached hydrogens (tertiary/aromatic N) is 4. The van der Waals surface area contributed by atoms with Gasteiger partial charge in [-0.1, -0.05) is 41.1 Å². The summed E-state index contributed by atoms with van der Waals surface area (Å²) in [6.07, 6.45) is -2.69. The number of halogens is 2. The Hall–Kier alpha value is -2.02. The van der Waals surface area contributed by atoms with Crippen LogP contribution in [0.3, 0.4) is 0 Å². The third-order valence-corrected chi connectivity index (χ3v) is 4.12. The first-order valence-electron chi connectivity index (χ1n) is 6.73. The highest BCUT2D eigenvalue weighted by Crippen LogP contribution is 2.24. The first-order chi connectivity index (χ1) is 10.5. The maximum absolute atomic E-state index is 12.8. The first kappa shape index (κ1) is 14.9. The van der Waals surface area contributed by atoms with Crippen LogP contribution in [0.1, 0.15) is 28.9 Å².